The molecule has 0 unspecified atom stereocenters. The number of alkyl halides is 3. The van der Waals surface area contributed by atoms with Crippen molar-refractivity contribution in [3.05, 3.63) is 29.6 Å². The molecule has 0 aliphatic heterocycles. The maximum Gasteiger partial charge on any atom is 0.573 e. The van der Waals surface area contributed by atoms with Crippen molar-refractivity contribution in [2.75, 3.05) is 6.61 Å². The van der Waals surface area contributed by atoms with E-state index in [0.717, 1.165) is 57.1 Å². The van der Waals surface area contributed by atoms with Gasteiger partial charge in [-0.2, -0.15) is 0 Å². The minimum absolute atomic E-state index is 0.250. The first-order chi connectivity index (χ1) is 11.4. The molecular formula is C18H24F4O2. The summed E-state index contributed by atoms with van der Waals surface area (Å²) in [4.78, 5) is 0. The summed E-state index contributed by atoms with van der Waals surface area (Å²) in [6.07, 6.45) is 3.24. The third kappa shape index (κ3) is 6.30. The predicted octanol–water partition coefficient (Wildman–Crippen LogP) is 5.24. The summed E-state index contributed by atoms with van der Waals surface area (Å²) in [6.45, 7) is 0.250. The normalized spacial score (nSPS) is 21.7. The molecule has 0 radical (unpaired) electrons. The summed E-state index contributed by atoms with van der Waals surface area (Å²) in [5, 5.41) is 8.86. The number of hydrogen-bond acceptors (Lipinski definition) is 2. The topological polar surface area (TPSA) is 29.5 Å². The zero-order valence-electron chi connectivity index (χ0n) is 13.6. The van der Waals surface area contributed by atoms with Crippen molar-refractivity contribution in [1.29, 1.82) is 0 Å². The van der Waals surface area contributed by atoms with Crippen LogP contribution in [0.25, 0.3) is 0 Å². The number of aryl methyl sites for hydroxylation is 1. The van der Waals surface area contributed by atoms with E-state index in [-0.39, 0.29) is 6.61 Å². The summed E-state index contributed by atoms with van der Waals surface area (Å²) < 4.78 is 53.7. The quantitative estimate of drug-likeness (QED) is 0.683. The zero-order chi connectivity index (χ0) is 17.6. The van der Waals surface area contributed by atoms with E-state index in [9.17, 15) is 17.6 Å². The van der Waals surface area contributed by atoms with Crippen LogP contribution in [0.3, 0.4) is 0 Å². The van der Waals surface area contributed by atoms with Gasteiger partial charge in [-0.25, -0.2) is 4.39 Å². The third-order valence-electron chi connectivity index (χ3n) is 4.80. The van der Waals surface area contributed by atoms with Gasteiger partial charge in [0.15, 0.2) is 11.6 Å². The van der Waals surface area contributed by atoms with Crippen LogP contribution in [0.5, 0.6) is 5.75 Å². The van der Waals surface area contributed by atoms with Crippen molar-refractivity contribution in [2.45, 2.75) is 57.7 Å². The fourth-order valence-corrected chi connectivity index (χ4v) is 3.47. The molecule has 2 nitrogen and oxygen atoms in total. The van der Waals surface area contributed by atoms with Crippen molar-refractivity contribution < 1.29 is 27.4 Å². The molecule has 0 aromatic heterocycles. The van der Waals surface area contributed by atoms with Crippen LogP contribution in [0.4, 0.5) is 17.6 Å². The number of halogens is 4. The van der Waals surface area contributed by atoms with Gasteiger partial charge in [0, 0.05) is 6.61 Å². The van der Waals surface area contributed by atoms with Gasteiger partial charge >= 0.3 is 6.36 Å². The Morgan fingerprint density at radius 1 is 1.04 bits per heavy atom. The van der Waals surface area contributed by atoms with Crippen LogP contribution in [0, 0.1) is 17.7 Å². The monoisotopic (exact) mass is 348 g/mol. The van der Waals surface area contributed by atoms with E-state index in [1.807, 2.05) is 0 Å². The van der Waals surface area contributed by atoms with Gasteiger partial charge in [0.05, 0.1) is 0 Å². The van der Waals surface area contributed by atoms with E-state index in [2.05, 4.69) is 4.74 Å². The molecule has 24 heavy (non-hydrogen) atoms. The first-order valence-electron chi connectivity index (χ1n) is 8.52. The number of rotatable bonds is 7. The number of aliphatic hydroxyl groups is 1. The molecule has 0 bridgehead atoms. The van der Waals surface area contributed by atoms with Gasteiger partial charge in [-0.3, -0.25) is 0 Å². The summed E-state index contributed by atoms with van der Waals surface area (Å²) in [7, 11) is 0. The lowest BCUT2D eigenvalue weighted by Crippen LogP contribution is -2.18. The number of benzene rings is 1. The lowest BCUT2D eigenvalue weighted by Gasteiger charge is -2.28. The molecule has 0 saturated heterocycles. The van der Waals surface area contributed by atoms with Gasteiger partial charge < -0.3 is 9.84 Å². The lowest BCUT2D eigenvalue weighted by atomic mass is 9.78. The van der Waals surface area contributed by atoms with Crippen LogP contribution < -0.4 is 4.74 Å². The van der Waals surface area contributed by atoms with Crippen LogP contribution in [0.2, 0.25) is 0 Å². The second-order valence-corrected chi connectivity index (χ2v) is 6.60. The molecule has 1 aromatic carbocycles. The molecule has 0 heterocycles. The van der Waals surface area contributed by atoms with Crippen molar-refractivity contribution in [2.24, 2.45) is 11.8 Å². The van der Waals surface area contributed by atoms with Gasteiger partial charge in [-0.15, -0.1) is 13.2 Å². The number of hydrogen-bond donors (Lipinski definition) is 1. The van der Waals surface area contributed by atoms with E-state index in [1.54, 1.807) is 0 Å². The molecule has 6 heteroatoms. The van der Waals surface area contributed by atoms with Crippen molar-refractivity contribution in [3.63, 3.8) is 0 Å². The van der Waals surface area contributed by atoms with Crippen LogP contribution >= 0.6 is 0 Å². The van der Waals surface area contributed by atoms with Crippen molar-refractivity contribution in [3.8, 4) is 5.75 Å². The SMILES string of the molecule is OCCCC1CCC(CCc2ccc(OC(F)(F)F)c(F)c2)CC1. The number of aliphatic hydroxyl groups excluding tert-OH is 1. The highest BCUT2D eigenvalue weighted by molar-refractivity contribution is 5.29. The van der Waals surface area contributed by atoms with Crippen LogP contribution in [0.15, 0.2) is 18.2 Å². The Morgan fingerprint density at radius 3 is 2.21 bits per heavy atom. The fourth-order valence-electron chi connectivity index (χ4n) is 3.47. The maximum atomic E-state index is 13.7. The van der Waals surface area contributed by atoms with Gasteiger partial charge in [-0.1, -0.05) is 31.7 Å². The van der Waals surface area contributed by atoms with Crippen molar-refractivity contribution >= 4 is 0 Å². The minimum atomic E-state index is -4.88. The molecule has 2 rings (SSSR count). The zero-order valence-corrected chi connectivity index (χ0v) is 13.6. The summed E-state index contributed by atoms with van der Waals surface area (Å²) in [5.41, 5.74) is 0.699. The minimum Gasteiger partial charge on any atom is -0.403 e. The molecule has 1 N–H and O–H groups in total. The second kappa shape index (κ2) is 8.70. The molecule has 1 fully saturated rings. The Hall–Kier alpha value is -1.30. The molecule has 136 valence electrons. The summed E-state index contributed by atoms with van der Waals surface area (Å²) in [6, 6.07) is 3.68. The lowest BCUT2D eigenvalue weighted by molar-refractivity contribution is -0.275. The Balaban J connectivity index is 1.78. The molecule has 0 amide bonds. The molecular weight excluding hydrogens is 324 g/mol. The molecule has 1 saturated carbocycles. The van der Waals surface area contributed by atoms with E-state index in [4.69, 9.17) is 5.11 Å². The van der Waals surface area contributed by atoms with E-state index in [0.29, 0.717) is 23.8 Å². The maximum absolute atomic E-state index is 13.7. The van der Waals surface area contributed by atoms with Crippen LogP contribution in [-0.2, 0) is 6.42 Å². The number of ether oxygens (including phenoxy) is 1. The average Bonchev–Trinajstić information content (AvgIpc) is 2.53. The van der Waals surface area contributed by atoms with E-state index in [1.165, 1.54) is 6.07 Å². The average molecular weight is 348 g/mol. The van der Waals surface area contributed by atoms with Crippen molar-refractivity contribution in [1.82, 2.24) is 0 Å². The summed E-state index contributed by atoms with van der Waals surface area (Å²) in [5.74, 6) is -0.470. The largest absolute Gasteiger partial charge is 0.573 e. The molecule has 1 aliphatic carbocycles. The highest BCUT2D eigenvalue weighted by Gasteiger charge is 2.32. The third-order valence-corrected chi connectivity index (χ3v) is 4.80. The Bertz CT molecular complexity index is 508. The smallest absolute Gasteiger partial charge is 0.403 e. The fraction of sp³-hybridized carbons (Fsp3) is 0.667. The van der Waals surface area contributed by atoms with E-state index < -0.39 is 17.9 Å². The molecule has 0 atom stereocenters. The highest BCUT2D eigenvalue weighted by atomic mass is 19.4. The van der Waals surface area contributed by atoms with Gasteiger partial charge in [0.25, 0.3) is 0 Å². The summed E-state index contributed by atoms with van der Waals surface area (Å²) >= 11 is 0. The van der Waals surface area contributed by atoms with Gasteiger partial charge in [-0.05, 0) is 55.2 Å². The van der Waals surface area contributed by atoms with Crippen LogP contribution in [-0.4, -0.2) is 18.1 Å². The van der Waals surface area contributed by atoms with Gasteiger partial charge in [0.2, 0.25) is 0 Å². The Labute approximate surface area is 139 Å². The molecule has 1 aliphatic rings. The van der Waals surface area contributed by atoms with Crippen LogP contribution in [0.1, 0.15) is 50.5 Å². The Morgan fingerprint density at radius 2 is 1.67 bits per heavy atom. The predicted molar refractivity (Wildman–Crippen MR) is 83.2 cm³/mol. The molecule has 1 aromatic rings. The highest BCUT2D eigenvalue weighted by Crippen LogP contribution is 2.34. The first-order valence-corrected chi connectivity index (χ1v) is 8.52. The Kier molecular flexibility index (Phi) is 6.90. The second-order valence-electron chi connectivity index (χ2n) is 6.60. The standard InChI is InChI=1S/C18H24F4O2/c19-16-12-15(9-10-17(16)24-18(20,21)22)8-7-14-5-3-13(4-6-14)2-1-11-23/h9-10,12-14,23H,1-8,11H2. The van der Waals surface area contributed by atoms with E-state index >= 15 is 0 Å². The van der Waals surface area contributed by atoms with Gasteiger partial charge in [0.1, 0.15) is 0 Å². The first kappa shape index (κ1) is 19.0. The molecule has 0 spiro atoms.